The second-order valence-electron chi connectivity index (χ2n) is 6.09. The lowest BCUT2D eigenvalue weighted by Gasteiger charge is -2.21. The van der Waals surface area contributed by atoms with Crippen LogP contribution in [-0.2, 0) is 16.3 Å². The summed E-state index contributed by atoms with van der Waals surface area (Å²) in [6.45, 7) is 11.3. The first-order chi connectivity index (χ1) is 12.3. The second kappa shape index (κ2) is 7.79. The van der Waals surface area contributed by atoms with Crippen molar-refractivity contribution in [3.63, 3.8) is 0 Å². The fraction of sp³-hybridized carbons (Fsp3) is 0.350. The van der Waals surface area contributed by atoms with E-state index in [1.807, 2.05) is 6.92 Å². The van der Waals surface area contributed by atoms with Crippen LogP contribution in [0.15, 0.2) is 47.4 Å². The van der Waals surface area contributed by atoms with Gasteiger partial charge in [-0.3, -0.25) is 4.85 Å². The number of nitrogens with zero attached hydrogens (tertiary/aromatic N) is 1. The highest BCUT2D eigenvalue weighted by molar-refractivity contribution is 7.93. The summed E-state index contributed by atoms with van der Waals surface area (Å²) < 4.78 is 37.0. The summed E-state index contributed by atoms with van der Waals surface area (Å²) in [5.41, 5.74) is 1.67. The molecule has 0 radical (unpaired) electrons. The van der Waals surface area contributed by atoms with Gasteiger partial charge in [-0.1, -0.05) is 30.7 Å². The van der Waals surface area contributed by atoms with E-state index >= 15 is 0 Å². The van der Waals surface area contributed by atoms with E-state index in [-0.39, 0.29) is 17.7 Å². The molecule has 1 unspecified atom stereocenters. The van der Waals surface area contributed by atoms with Crippen LogP contribution in [0.2, 0.25) is 0 Å². The SMILES string of the molecule is [C-]#[N+]C(CC)(Cc1ccc(OC)c(OC)c1)S(=O)(=O)c1ccc(C)cc1. The van der Waals surface area contributed by atoms with Gasteiger partial charge in [-0.05, 0) is 36.8 Å². The summed E-state index contributed by atoms with van der Waals surface area (Å²) in [4.78, 5) is 2.19. The maximum absolute atomic E-state index is 13.2. The van der Waals surface area contributed by atoms with E-state index in [4.69, 9.17) is 16.0 Å². The smallest absolute Gasteiger partial charge is 0.337 e. The van der Waals surface area contributed by atoms with Crippen molar-refractivity contribution in [1.82, 2.24) is 0 Å². The first-order valence-corrected chi connectivity index (χ1v) is 9.72. The van der Waals surface area contributed by atoms with Gasteiger partial charge in [0.25, 0.3) is 9.84 Å². The number of benzene rings is 2. The van der Waals surface area contributed by atoms with Crippen molar-refractivity contribution >= 4 is 9.84 Å². The predicted molar refractivity (Wildman–Crippen MR) is 101 cm³/mol. The molecule has 26 heavy (non-hydrogen) atoms. The van der Waals surface area contributed by atoms with Gasteiger partial charge in [0.1, 0.15) is 0 Å². The van der Waals surface area contributed by atoms with Crippen molar-refractivity contribution in [3.05, 3.63) is 65.0 Å². The molecule has 5 nitrogen and oxygen atoms in total. The molecular formula is C20H23NO4S. The molecule has 0 saturated carbocycles. The number of hydrogen-bond donors (Lipinski definition) is 0. The molecule has 0 aliphatic heterocycles. The van der Waals surface area contributed by atoms with E-state index in [0.29, 0.717) is 17.1 Å². The Morgan fingerprint density at radius 1 is 1.04 bits per heavy atom. The second-order valence-corrected chi connectivity index (χ2v) is 8.33. The summed E-state index contributed by atoms with van der Waals surface area (Å²) in [7, 11) is -0.782. The molecule has 2 aromatic carbocycles. The topological polar surface area (TPSA) is 57.0 Å². The Morgan fingerprint density at radius 2 is 1.65 bits per heavy atom. The zero-order valence-corrected chi connectivity index (χ0v) is 16.3. The zero-order valence-electron chi connectivity index (χ0n) is 15.4. The summed E-state index contributed by atoms with van der Waals surface area (Å²) in [5, 5.41) is 0. The maximum atomic E-state index is 13.2. The normalized spacial score (nSPS) is 13.5. The third kappa shape index (κ3) is 3.54. The van der Waals surface area contributed by atoms with E-state index in [1.165, 1.54) is 14.2 Å². The van der Waals surface area contributed by atoms with Gasteiger partial charge in [0.15, 0.2) is 11.5 Å². The molecule has 0 aliphatic carbocycles. The molecule has 0 saturated heterocycles. The molecule has 0 amide bonds. The van der Waals surface area contributed by atoms with Gasteiger partial charge < -0.3 is 9.47 Å². The predicted octanol–water partition coefficient (Wildman–Crippen LogP) is 4.05. The fourth-order valence-corrected chi connectivity index (χ4v) is 4.63. The van der Waals surface area contributed by atoms with Crippen LogP contribution in [0.25, 0.3) is 4.85 Å². The first kappa shape index (κ1) is 19.8. The van der Waals surface area contributed by atoms with Gasteiger partial charge in [0.05, 0.1) is 25.5 Å². The summed E-state index contributed by atoms with van der Waals surface area (Å²) in [5.74, 6) is 1.07. The van der Waals surface area contributed by atoms with Crippen molar-refractivity contribution in [2.24, 2.45) is 0 Å². The summed E-state index contributed by atoms with van der Waals surface area (Å²) in [6, 6.07) is 11.8. The molecule has 0 spiro atoms. The Balaban J connectivity index is 2.51. The van der Waals surface area contributed by atoms with E-state index in [2.05, 4.69) is 4.85 Å². The zero-order chi connectivity index (χ0) is 19.4. The first-order valence-electron chi connectivity index (χ1n) is 8.24. The molecule has 2 aromatic rings. The molecule has 0 heterocycles. The van der Waals surface area contributed by atoms with Gasteiger partial charge in [0, 0.05) is 6.42 Å². The standard InChI is InChI=1S/C20H23NO4S/c1-6-20(21-3,26(22,23)17-10-7-15(2)8-11-17)14-16-9-12-18(24-4)19(13-16)25-5/h7-13H,6,14H2,1-2,4-5H3. The van der Waals surface area contributed by atoms with Crippen molar-refractivity contribution in [1.29, 1.82) is 0 Å². The third-order valence-corrected chi connectivity index (χ3v) is 6.93. The minimum Gasteiger partial charge on any atom is -0.493 e. The molecule has 0 N–H and O–H groups in total. The molecule has 0 aliphatic rings. The van der Waals surface area contributed by atoms with Crippen LogP contribution in [0.5, 0.6) is 11.5 Å². The Hall–Kier alpha value is -2.52. The van der Waals surface area contributed by atoms with Crippen molar-refractivity contribution in [3.8, 4) is 11.5 Å². The summed E-state index contributed by atoms with van der Waals surface area (Å²) in [6.07, 6.45) is 0.255. The van der Waals surface area contributed by atoms with E-state index in [0.717, 1.165) is 5.56 Å². The molecule has 138 valence electrons. The van der Waals surface area contributed by atoms with Crippen molar-refractivity contribution < 1.29 is 17.9 Å². The van der Waals surface area contributed by atoms with E-state index in [1.54, 1.807) is 49.4 Å². The lowest BCUT2D eigenvalue weighted by Crippen LogP contribution is -2.37. The number of aryl methyl sites for hydroxylation is 1. The number of ether oxygens (including phenoxy) is 2. The lowest BCUT2D eigenvalue weighted by molar-refractivity contribution is 0.354. The van der Waals surface area contributed by atoms with Gasteiger partial charge in [-0.25, -0.2) is 15.0 Å². The van der Waals surface area contributed by atoms with Crippen LogP contribution >= 0.6 is 0 Å². The maximum Gasteiger partial charge on any atom is 0.337 e. The van der Waals surface area contributed by atoms with Gasteiger partial charge in [-0.2, -0.15) is 0 Å². The average molecular weight is 373 g/mol. The van der Waals surface area contributed by atoms with Gasteiger partial charge in [-0.15, -0.1) is 0 Å². The highest BCUT2D eigenvalue weighted by atomic mass is 32.2. The van der Waals surface area contributed by atoms with Crippen LogP contribution in [0.3, 0.4) is 0 Å². The Bertz CT molecular complexity index is 914. The van der Waals surface area contributed by atoms with Crippen LogP contribution in [-0.4, -0.2) is 27.5 Å². The minimum absolute atomic E-state index is 0.0730. The molecule has 1 atom stereocenters. The van der Waals surface area contributed by atoms with Crippen LogP contribution in [0, 0.1) is 13.5 Å². The van der Waals surface area contributed by atoms with Gasteiger partial charge in [0.2, 0.25) is 0 Å². The highest BCUT2D eigenvalue weighted by Gasteiger charge is 2.50. The molecule has 0 bridgehead atoms. The number of hydrogen-bond acceptors (Lipinski definition) is 4. The molecular weight excluding hydrogens is 350 g/mol. The largest absolute Gasteiger partial charge is 0.493 e. The van der Waals surface area contributed by atoms with Gasteiger partial charge >= 0.3 is 4.87 Å². The Kier molecular flexibility index (Phi) is 5.94. The van der Waals surface area contributed by atoms with Crippen LogP contribution in [0.4, 0.5) is 0 Å². The Morgan fingerprint density at radius 3 is 2.15 bits per heavy atom. The van der Waals surface area contributed by atoms with Crippen molar-refractivity contribution in [2.45, 2.75) is 36.5 Å². The highest BCUT2D eigenvalue weighted by Crippen LogP contribution is 2.36. The molecule has 2 rings (SSSR count). The lowest BCUT2D eigenvalue weighted by atomic mass is 10.0. The van der Waals surface area contributed by atoms with E-state index < -0.39 is 14.7 Å². The molecule has 6 heteroatoms. The van der Waals surface area contributed by atoms with Crippen LogP contribution in [0.1, 0.15) is 24.5 Å². The fourth-order valence-electron chi connectivity index (χ4n) is 2.84. The van der Waals surface area contributed by atoms with Crippen LogP contribution < -0.4 is 9.47 Å². The quantitative estimate of drug-likeness (QED) is 0.687. The number of rotatable bonds is 7. The molecule has 0 fully saturated rings. The minimum atomic E-state index is -3.84. The summed E-state index contributed by atoms with van der Waals surface area (Å²) >= 11 is 0. The Labute approximate surface area is 155 Å². The van der Waals surface area contributed by atoms with E-state index in [9.17, 15) is 8.42 Å². The third-order valence-electron chi connectivity index (χ3n) is 4.52. The monoisotopic (exact) mass is 373 g/mol. The average Bonchev–Trinajstić information content (AvgIpc) is 2.66. The number of sulfone groups is 1. The number of methoxy groups -OCH3 is 2. The van der Waals surface area contributed by atoms with Crippen molar-refractivity contribution in [2.75, 3.05) is 14.2 Å². The molecule has 0 aromatic heterocycles.